The van der Waals surface area contributed by atoms with Crippen molar-refractivity contribution >= 4 is 11.8 Å². The fraction of sp³-hybridized carbons (Fsp3) is 0.583. The van der Waals surface area contributed by atoms with Crippen LogP contribution in [0.15, 0.2) is 35.9 Å². The molecule has 28 heavy (non-hydrogen) atoms. The average Bonchev–Trinajstić information content (AvgIpc) is 2.74. The molecule has 0 aromatic heterocycles. The quantitative estimate of drug-likeness (QED) is 0.686. The van der Waals surface area contributed by atoms with Gasteiger partial charge in [-0.15, -0.1) is 0 Å². The number of carbonyl (C=O) groups excluding carboxylic acids is 2. The van der Waals surface area contributed by atoms with E-state index in [-0.39, 0.29) is 23.7 Å². The van der Waals surface area contributed by atoms with Gasteiger partial charge in [-0.3, -0.25) is 9.59 Å². The first-order valence-corrected chi connectivity index (χ1v) is 10.9. The minimum atomic E-state index is 0.0421. The Bertz CT molecular complexity index is 702. The summed E-state index contributed by atoms with van der Waals surface area (Å²) < 4.78 is 0. The molecular weight excluding hydrogens is 348 g/mol. The van der Waals surface area contributed by atoms with Crippen LogP contribution in [0.2, 0.25) is 0 Å². The van der Waals surface area contributed by atoms with Crippen molar-refractivity contribution in [3.05, 3.63) is 47.0 Å². The van der Waals surface area contributed by atoms with Crippen molar-refractivity contribution in [3.63, 3.8) is 0 Å². The predicted octanol–water partition coefficient (Wildman–Crippen LogP) is 4.42. The van der Waals surface area contributed by atoms with Gasteiger partial charge in [-0.1, -0.05) is 35.9 Å². The lowest BCUT2D eigenvalue weighted by molar-refractivity contribution is -0.130. The van der Waals surface area contributed by atoms with Crippen LogP contribution in [0.1, 0.15) is 68.9 Å². The van der Waals surface area contributed by atoms with Gasteiger partial charge in [0.25, 0.3) is 0 Å². The molecule has 0 unspecified atom stereocenters. The van der Waals surface area contributed by atoms with Gasteiger partial charge >= 0.3 is 0 Å². The van der Waals surface area contributed by atoms with Crippen LogP contribution in [0.3, 0.4) is 0 Å². The van der Waals surface area contributed by atoms with E-state index in [1.54, 1.807) is 0 Å². The Hall–Kier alpha value is -2.10. The third-order valence-electron chi connectivity index (χ3n) is 6.31. The van der Waals surface area contributed by atoms with Crippen LogP contribution in [-0.4, -0.2) is 18.4 Å². The van der Waals surface area contributed by atoms with Gasteiger partial charge in [-0.2, -0.15) is 0 Å². The molecule has 152 valence electrons. The second kappa shape index (κ2) is 10.4. The highest BCUT2D eigenvalue weighted by molar-refractivity contribution is 5.81. The fourth-order valence-electron chi connectivity index (χ4n) is 4.38. The second-order valence-electron chi connectivity index (χ2n) is 8.34. The molecular formula is C24H34N2O2. The SMILES string of the molecule is Cc1ccccc1CNC(=O)C1CCC(C(=O)NCCC2=CCCCC2)CC1. The molecule has 2 aliphatic rings. The molecule has 1 aromatic rings. The van der Waals surface area contributed by atoms with Crippen molar-refractivity contribution in [2.45, 2.75) is 71.3 Å². The van der Waals surface area contributed by atoms with E-state index < -0.39 is 0 Å². The molecule has 0 aliphatic heterocycles. The summed E-state index contributed by atoms with van der Waals surface area (Å²) in [6, 6.07) is 8.14. The monoisotopic (exact) mass is 382 g/mol. The van der Waals surface area contributed by atoms with Crippen LogP contribution in [0.25, 0.3) is 0 Å². The summed E-state index contributed by atoms with van der Waals surface area (Å²) in [5, 5.41) is 6.19. The molecule has 2 N–H and O–H groups in total. The third kappa shape index (κ3) is 5.95. The summed E-state index contributed by atoms with van der Waals surface area (Å²) in [6.07, 6.45) is 11.6. The highest BCUT2D eigenvalue weighted by Gasteiger charge is 2.29. The summed E-state index contributed by atoms with van der Waals surface area (Å²) in [7, 11) is 0. The molecule has 0 radical (unpaired) electrons. The number of amides is 2. The highest BCUT2D eigenvalue weighted by Crippen LogP contribution is 2.29. The number of carbonyl (C=O) groups is 2. The zero-order chi connectivity index (χ0) is 19.8. The molecule has 1 fully saturated rings. The Balaban J connectivity index is 1.35. The number of hydrogen-bond acceptors (Lipinski definition) is 2. The summed E-state index contributed by atoms with van der Waals surface area (Å²) >= 11 is 0. The lowest BCUT2D eigenvalue weighted by Crippen LogP contribution is -2.37. The molecule has 1 saturated carbocycles. The number of hydrogen-bond donors (Lipinski definition) is 2. The minimum absolute atomic E-state index is 0.0421. The normalized spacial score (nSPS) is 22.2. The summed E-state index contributed by atoms with van der Waals surface area (Å²) in [6.45, 7) is 3.40. The van der Waals surface area contributed by atoms with E-state index in [2.05, 4.69) is 35.8 Å². The Morgan fingerprint density at radius 1 is 0.964 bits per heavy atom. The molecule has 4 nitrogen and oxygen atoms in total. The van der Waals surface area contributed by atoms with Gasteiger partial charge in [0.2, 0.25) is 11.8 Å². The molecule has 0 atom stereocenters. The number of rotatable bonds is 7. The van der Waals surface area contributed by atoms with Gasteiger partial charge in [0.05, 0.1) is 0 Å². The Kier molecular flexibility index (Phi) is 7.70. The van der Waals surface area contributed by atoms with Gasteiger partial charge in [0.1, 0.15) is 0 Å². The van der Waals surface area contributed by atoms with E-state index in [1.165, 1.54) is 36.8 Å². The van der Waals surface area contributed by atoms with Crippen LogP contribution in [0.4, 0.5) is 0 Å². The van der Waals surface area contributed by atoms with E-state index in [0.29, 0.717) is 6.54 Å². The molecule has 1 aromatic carbocycles. The standard InChI is InChI=1S/C24H34N2O2/c1-18-7-5-6-10-22(18)17-26-24(28)21-13-11-20(12-14-21)23(27)25-16-15-19-8-3-2-4-9-19/h5-8,10,20-21H,2-4,9,11-17H2,1H3,(H,25,27)(H,26,28). The summed E-state index contributed by atoms with van der Waals surface area (Å²) in [5.74, 6) is 0.419. The van der Waals surface area contributed by atoms with Crippen molar-refractivity contribution in [2.24, 2.45) is 11.8 Å². The number of nitrogens with one attached hydrogen (secondary N) is 2. The van der Waals surface area contributed by atoms with Gasteiger partial charge in [-0.05, 0) is 75.8 Å². The zero-order valence-corrected chi connectivity index (χ0v) is 17.1. The van der Waals surface area contributed by atoms with Gasteiger partial charge < -0.3 is 10.6 Å². The van der Waals surface area contributed by atoms with Gasteiger partial charge in [-0.25, -0.2) is 0 Å². The third-order valence-corrected chi connectivity index (χ3v) is 6.31. The first-order chi connectivity index (χ1) is 13.6. The maximum absolute atomic E-state index is 12.5. The molecule has 0 saturated heterocycles. The summed E-state index contributed by atoms with van der Waals surface area (Å²) in [4.78, 5) is 24.9. The van der Waals surface area contributed by atoms with Crippen LogP contribution < -0.4 is 10.6 Å². The van der Waals surface area contributed by atoms with E-state index in [1.807, 2.05) is 12.1 Å². The fourth-order valence-corrected chi connectivity index (χ4v) is 4.38. The molecule has 3 rings (SSSR count). The van der Waals surface area contributed by atoms with Crippen molar-refractivity contribution in [1.82, 2.24) is 10.6 Å². The maximum atomic E-state index is 12.5. The number of aryl methyl sites for hydroxylation is 1. The summed E-state index contributed by atoms with van der Waals surface area (Å²) in [5.41, 5.74) is 3.87. The average molecular weight is 383 g/mol. The first-order valence-electron chi connectivity index (χ1n) is 10.9. The van der Waals surface area contributed by atoms with Crippen LogP contribution in [0, 0.1) is 18.8 Å². The molecule has 0 heterocycles. The van der Waals surface area contributed by atoms with E-state index in [0.717, 1.165) is 44.2 Å². The largest absolute Gasteiger partial charge is 0.356 e. The lowest BCUT2D eigenvalue weighted by Gasteiger charge is -2.27. The predicted molar refractivity (Wildman–Crippen MR) is 113 cm³/mol. The van der Waals surface area contributed by atoms with E-state index in [9.17, 15) is 9.59 Å². The Morgan fingerprint density at radius 3 is 2.29 bits per heavy atom. The van der Waals surface area contributed by atoms with Crippen LogP contribution in [0.5, 0.6) is 0 Å². The van der Waals surface area contributed by atoms with Crippen LogP contribution >= 0.6 is 0 Å². The van der Waals surface area contributed by atoms with Crippen molar-refractivity contribution in [2.75, 3.05) is 6.54 Å². The Morgan fingerprint density at radius 2 is 1.64 bits per heavy atom. The van der Waals surface area contributed by atoms with E-state index >= 15 is 0 Å². The molecule has 0 spiro atoms. The van der Waals surface area contributed by atoms with Crippen molar-refractivity contribution < 1.29 is 9.59 Å². The molecule has 0 bridgehead atoms. The van der Waals surface area contributed by atoms with E-state index in [4.69, 9.17) is 0 Å². The molecule has 4 heteroatoms. The minimum Gasteiger partial charge on any atom is -0.356 e. The lowest BCUT2D eigenvalue weighted by atomic mass is 9.81. The highest BCUT2D eigenvalue weighted by atomic mass is 16.2. The van der Waals surface area contributed by atoms with Gasteiger partial charge in [0.15, 0.2) is 0 Å². The number of benzene rings is 1. The Labute approximate surface area is 169 Å². The smallest absolute Gasteiger partial charge is 0.223 e. The van der Waals surface area contributed by atoms with Crippen LogP contribution in [-0.2, 0) is 16.1 Å². The maximum Gasteiger partial charge on any atom is 0.223 e. The molecule has 2 amide bonds. The molecule has 2 aliphatic carbocycles. The number of allylic oxidation sites excluding steroid dienone is 1. The second-order valence-corrected chi connectivity index (χ2v) is 8.34. The van der Waals surface area contributed by atoms with Gasteiger partial charge in [0, 0.05) is 24.9 Å². The van der Waals surface area contributed by atoms with Crippen molar-refractivity contribution in [1.29, 1.82) is 0 Å². The topological polar surface area (TPSA) is 58.2 Å². The zero-order valence-electron chi connectivity index (χ0n) is 17.1. The van der Waals surface area contributed by atoms with Crippen molar-refractivity contribution in [3.8, 4) is 0 Å². The first kappa shape index (κ1) is 20.6.